The van der Waals surface area contributed by atoms with Crippen LogP contribution < -0.4 is 0 Å². The maximum atomic E-state index is 4.66. The summed E-state index contributed by atoms with van der Waals surface area (Å²) >= 11 is 0. The van der Waals surface area contributed by atoms with Crippen molar-refractivity contribution in [2.45, 2.75) is 25.7 Å². The molecule has 0 spiro atoms. The zero-order chi connectivity index (χ0) is 9.97. The molecule has 0 aliphatic rings. The zero-order valence-electron chi connectivity index (χ0n) is 7.78. The molecule has 0 bridgehead atoms. The Hall–Kier alpha value is -1.79. The molecule has 0 aliphatic heterocycles. The third-order valence-electron chi connectivity index (χ3n) is 2.26. The molecule has 2 heterocycles. The highest BCUT2D eigenvalue weighted by molar-refractivity contribution is 5.02. The normalized spacial score (nSPS) is 15.3. The topological polar surface area (TPSA) is 90.7 Å². The van der Waals surface area contributed by atoms with E-state index in [9.17, 15) is 0 Å². The van der Waals surface area contributed by atoms with Crippen LogP contribution in [0.1, 0.15) is 37.3 Å². The van der Waals surface area contributed by atoms with E-state index < -0.39 is 0 Å². The van der Waals surface area contributed by atoms with Crippen molar-refractivity contribution in [2.75, 3.05) is 0 Å². The summed E-state index contributed by atoms with van der Waals surface area (Å²) in [6.45, 7) is 3.92. The van der Waals surface area contributed by atoms with Crippen LogP contribution in [0.15, 0.2) is 15.5 Å². The highest BCUT2D eigenvalue weighted by Crippen LogP contribution is 2.27. The Morgan fingerprint density at radius 1 is 1.14 bits per heavy atom. The van der Waals surface area contributed by atoms with Crippen molar-refractivity contribution in [3.05, 3.63) is 18.0 Å². The van der Waals surface area contributed by atoms with Crippen LogP contribution in [-0.2, 0) is 0 Å². The average Bonchev–Trinajstić information content (AvgIpc) is 2.87. The minimum Gasteiger partial charge on any atom is -0.343 e. The van der Waals surface area contributed by atoms with E-state index in [0.29, 0.717) is 11.6 Å². The fourth-order valence-electron chi connectivity index (χ4n) is 1.14. The number of nitrogens with zero attached hydrogens (tertiary/aromatic N) is 5. The van der Waals surface area contributed by atoms with Gasteiger partial charge in [0.2, 0.25) is 6.39 Å². The van der Waals surface area contributed by atoms with E-state index in [4.69, 9.17) is 0 Å². The van der Waals surface area contributed by atoms with Gasteiger partial charge in [-0.15, -0.1) is 0 Å². The lowest BCUT2D eigenvalue weighted by molar-refractivity contribution is 0.289. The van der Waals surface area contributed by atoms with Crippen LogP contribution in [0, 0.1) is 0 Å². The van der Waals surface area contributed by atoms with E-state index in [1.165, 1.54) is 6.39 Å². The lowest BCUT2D eigenvalue weighted by atomic mass is 9.95. The molecule has 74 valence electrons. The van der Waals surface area contributed by atoms with Crippen molar-refractivity contribution in [3.8, 4) is 0 Å². The predicted molar refractivity (Wildman–Crippen MR) is 43.2 cm³/mol. The summed E-state index contributed by atoms with van der Waals surface area (Å²) in [5, 5.41) is 14.5. The third-order valence-corrected chi connectivity index (χ3v) is 2.26. The quantitative estimate of drug-likeness (QED) is 0.713. The Bertz CT molecular complexity index is 332. The predicted octanol–water partition coefficient (Wildman–Crippen LogP) is 0.755. The van der Waals surface area contributed by atoms with Crippen LogP contribution in [-0.4, -0.2) is 25.7 Å². The molecule has 0 N–H and O–H groups in total. The molecule has 0 unspecified atom stereocenters. The lowest BCUT2D eigenvalue weighted by Crippen LogP contribution is -2.08. The summed E-state index contributed by atoms with van der Waals surface area (Å²) in [4.78, 5) is 3.96. The number of hydrogen-bond acceptors (Lipinski definition) is 7. The van der Waals surface area contributed by atoms with Crippen molar-refractivity contribution < 1.29 is 9.15 Å². The molecule has 2 atom stereocenters. The first kappa shape index (κ1) is 8.79. The fourth-order valence-corrected chi connectivity index (χ4v) is 1.14. The maximum Gasteiger partial charge on any atom is 0.213 e. The average molecular weight is 195 g/mol. The Labute approximate surface area is 79.5 Å². The lowest BCUT2D eigenvalue weighted by Gasteiger charge is -2.10. The van der Waals surface area contributed by atoms with Gasteiger partial charge < -0.3 is 4.52 Å². The van der Waals surface area contributed by atoms with Crippen LogP contribution in [0.4, 0.5) is 0 Å². The second-order valence-corrected chi connectivity index (χ2v) is 3.08. The molecular weight excluding hydrogens is 186 g/mol. The fraction of sp³-hybridized carbons (Fsp3) is 0.571. The van der Waals surface area contributed by atoms with Crippen molar-refractivity contribution in [2.24, 2.45) is 0 Å². The van der Waals surface area contributed by atoms with E-state index in [0.717, 1.165) is 0 Å². The Morgan fingerprint density at radius 3 is 2.50 bits per heavy atom. The van der Waals surface area contributed by atoms with Gasteiger partial charge in [0.15, 0.2) is 11.6 Å². The maximum absolute atomic E-state index is 4.66. The van der Waals surface area contributed by atoms with Gasteiger partial charge in [-0.1, -0.05) is 24.1 Å². The van der Waals surface area contributed by atoms with Gasteiger partial charge >= 0.3 is 0 Å². The summed E-state index contributed by atoms with van der Waals surface area (Å²) < 4.78 is 9.09. The minimum absolute atomic E-state index is 0.0406. The van der Waals surface area contributed by atoms with Gasteiger partial charge in [-0.25, -0.2) is 4.63 Å². The summed E-state index contributed by atoms with van der Waals surface area (Å²) in [5.74, 6) is 1.27. The SMILES string of the molecule is C[C@H](c1ncon1)[C@@H](C)c1nnon1. The number of hydrogen-bond donors (Lipinski definition) is 0. The molecule has 0 saturated heterocycles. The van der Waals surface area contributed by atoms with Crippen molar-refractivity contribution in [1.82, 2.24) is 25.7 Å². The molecule has 2 rings (SSSR count). The Morgan fingerprint density at radius 2 is 1.93 bits per heavy atom. The smallest absolute Gasteiger partial charge is 0.213 e. The van der Waals surface area contributed by atoms with Gasteiger partial charge in [0.1, 0.15) is 0 Å². The van der Waals surface area contributed by atoms with Crippen LogP contribution >= 0.6 is 0 Å². The molecule has 7 nitrogen and oxygen atoms in total. The highest BCUT2D eigenvalue weighted by Gasteiger charge is 2.23. The van der Waals surface area contributed by atoms with Gasteiger partial charge in [-0.2, -0.15) is 4.98 Å². The van der Waals surface area contributed by atoms with Crippen molar-refractivity contribution in [3.63, 3.8) is 0 Å². The molecule has 2 aromatic heterocycles. The number of aromatic nitrogens is 5. The van der Waals surface area contributed by atoms with Gasteiger partial charge in [0.05, 0.1) is 5.27 Å². The molecular formula is C7H9N5O2. The van der Waals surface area contributed by atoms with Gasteiger partial charge in [-0.3, -0.25) is 0 Å². The second kappa shape index (κ2) is 3.52. The Balaban J connectivity index is 2.16. The van der Waals surface area contributed by atoms with E-state index in [1.54, 1.807) is 0 Å². The summed E-state index contributed by atoms with van der Waals surface area (Å²) in [5.41, 5.74) is 0. The first-order valence-electron chi connectivity index (χ1n) is 4.20. The third kappa shape index (κ3) is 1.48. The second-order valence-electron chi connectivity index (χ2n) is 3.08. The first-order valence-corrected chi connectivity index (χ1v) is 4.20. The molecule has 0 saturated carbocycles. The molecule has 7 heteroatoms. The van der Waals surface area contributed by atoms with Crippen molar-refractivity contribution in [1.29, 1.82) is 0 Å². The molecule has 0 aliphatic carbocycles. The monoisotopic (exact) mass is 195 g/mol. The molecule has 0 aromatic carbocycles. The molecule has 0 fully saturated rings. The zero-order valence-corrected chi connectivity index (χ0v) is 7.78. The highest BCUT2D eigenvalue weighted by atomic mass is 16.6. The number of rotatable bonds is 3. The summed E-state index contributed by atoms with van der Waals surface area (Å²) in [7, 11) is 0. The molecule has 0 radical (unpaired) electrons. The van der Waals surface area contributed by atoms with Crippen molar-refractivity contribution >= 4 is 0 Å². The van der Waals surface area contributed by atoms with Crippen LogP contribution in [0.3, 0.4) is 0 Å². The molecule has 0 amide bonds. The van der Waals surface area contributed by atoms with Gasteiger partial charge in [-0.05, 0) is 5.16 Å². The van der Waals surface area contributed by atoms with E-state index in [2.05, 4.69) is 34.8 Å². The standard InChI is InChI=1S/C7H9N5O2/c1-4(6-8-3-13-10-6)5(2)7-9-12-14-11-7/h3-5H,1-2H3/t4-,5+/m0/s1. The van der Waals surface area contributed by atoms with E-state index in [1.807, 2.05) is 13.8 Å². The van der Waals surface area contributed by atoms with Gasteiger partial charge in [0, 0.05) is 11.8 Å². The molecule has 2 aromatic rings. The van der Waals surface area contributed by atoms with E-state index >= 15 is 0 Å². The molecule has 14 heavy (non-hydrogen) atoms. The minimum atomic E-state index is 0.0406. The summed E-state index contributed by atoms with van der Waals surface area (Å²) in [6, 6.07) is 0. The van der Waals surface area contributed by atoms with Crippen LogP contribution in [0.2, 0.25) is 0 Å². The largest absolute Gasteiger partial charge is 0.343 e. The van der Waals surface area contributed by atoms with Crippen LogP contribution in [0.25, 0.3) is 0 Å². The van der Waals surface area contributed by atoms with Gasteiger partial charge in [0.25, 0.3) is 0 Å². The summed E-state index contributed by atoms with van der Waals surface area (Å²) in [6.07, 6.45) is 1.30. The first-order chi connectivity index (χ1) is 6.79. The van der Waals surface area contributed by atoms with E-state index in [-0.39, 0.29) is 11.8 Å². The van der Waals surface area contributed by atoms with Crippen LogP contribution in [0.5, 0.6) is 0 Å². The Kier molecular flexibility index (Phi) is 2.21.